The third-order valence-electron chi connectivity index (χ3n) is 5.33. The van der Waals surface area contributed by atoms with Crippen LogP contribution in [0.25, 0.3) is 0 Å². The zero-order valence-electron chi connectivity index (χ0n) is 14.6. The predicted octanol–water partition coefficient (Wildman–Crippen LogP) is 2.73. The molecular weight excluding hydrogens is 361 g/mol. The number of nitrogens with one attached hydrogen (secondary N) is 1. The molecule has 2 amide bonds. The van der Waals surface area contributed by atoms with E-state index in [1.54, 1.807) is 11.0 Å². The van der Waals surface area contributed by atoms with E-state index in [0.717, 1.165) is 25.1 Å². The van der Waals surface area contributed by atoms with Crippen LogP contribution in [0, 0.1) is 11.7 Å². The maximum atomic E-state index is 13.9. The van der Waals surface area contributed by atoms with Crippen molar-refractivity contribution in [1.29, 1.82) is 0 Å². The number of hydrogen-bond donors (Lipinski definition) is 2. The third kappa shape index (κ3) is 3.78. The Hall–Kier alpha value is -1.86. The van der Waals surface area contributed by atoms with E-state index < -0.39 is 17.7 Å². The normalized spacial score (nSPS) is 26.3. The molecule has 142 valence electrons. The van der Waals surface area contributed by atoms with Crippen LogP contribution >= 0.6 is 11.6 Å². The summed E-state index contributed by atoms with van der Waals surface area (Å²) in [6.07, 6.45) is 1.23. The molecule has 0 saturated carbocycles. The smallest absolute Gasteiger partial charge is 0.317 e. The summed E-state index contributed by atoms with van der Waals surface area (Å²) in [4.78, 5) is 27.4. The molecule has 2 saturated heterocycles. The van der Waals surface area contributed by atoms with Crippen molar-refractivity contribution in [2.75, 3.05) is 26.2 Å². The Balaban J connectivity index is 1.72. The molecule has 2 aliphatic rings. The minimum absolute atomic E-state index is 0.0761. The Labute approximate surface area is 156 Å². The van der Waals surface area contributed by atoms with Gasteiger partial charge in [0.25, 0.3) is 0 Å². The lowest BCUT2D eigenvalue weighted by molar-refractivity contribution is -0.141. The topological polar surface area (TPSA) is 72.9 Å². The first kappa shape index (κ1) is 18.9. The molecule has 2 N–H and O–H groups in total. The fourth-order valence-corrected chi connectivity index (χ4v) is 4.02. The monoisotopic (exact) mass is 383 g/mol. The Kier molecular flexibility index (Phi) is 5.67. The minimum atomic E-state index is -0.868. The molecule has 3 atom stereocenters. The number of amides is 2. The predicted molar refractivity (Wildman–Crippen MR) is 95.7 cm³/mol. The first-order valence-corrected chi connectivity index (χ1v) is 9.25. The highest BCUT2D eigenvalue weighted by molar-refractivity contribution is 6.30. The van der Waals surface area contributed by atoms with Crippen LogP contribution in [-0.4, -0.2) is 59.1 Å². The lowest BCUT2D eigenvalue weighted by atomic mass is 10.00. The number of benzene rings is 1. The number of carbonyl (C=O) groups is 2. The van der Waals surface area contributed by atoms with Gasteiger partial charge in [0, 0.05) is 19.6 Å². The molecule has 0 aliphatic carbocycles. The summed E-state index contributed by atoms with van der Waals surface area (Å²) in [7, 11) is 0. The second kappa shape index (κ2) is 7.80. The zero-order valence-corrected chi connectivity index (χ0v) is 15.4. The van der Waals surface area contributed by atoms with E-state index in [2.05, 4.69) is 10.2 Å². The molecule has 1 aromatic rings. The Morgan fingerprint density at radius 3 is 2.73 bits per heavy atom. The number of carboxylic acid groups (broad SMARTS) is 1. The van der Waals surface area contributed by atoms with Gasteiger partial charge in [-0.2, -0.15) is 0 Å². The van der Waals surface area contributed by atoms with Crippen LogP contribution in [0.1, 0.15) is 31.4 Å². The number of carbonyl (C=O) groups excluding carboxylic acids is 1. The maximum Gasteiger partial charge on any atom is 0.317 e. The average molecular weight is 384 g/mol. The van der Waals surface area contributed by atoms with Crippen LogP contribution < -0.4 is 5.32 Å². The summed E-state index contributed by atoms with van der Waals surface area (Å²) in [6, 6.07) is 4.21. The van der Waals surface area contributed by atoms with Crippen LogP contribution in [0.15, 0.2) is 18.2 Å². The standard InChI is InChI=1S/C18H23ClFN3O3/c1-2-22-8-6-15(16(22)11-3-4-13(19)14(20)9-11)21-18(26)23-7-5-12(10-23)17(24)25/h3-4,9,12,15-16H,2,5-8,10H2,1H3,(H,21,26)(H,24,25). The third-order valence-corrected chi connectivity index (χ3v) is 5.63. The zero-order chi connectivity index (χ0) is 18.8. The summed E-state index contributed by atoms with van der Waals surface area (Å²) in [5, 5.41) is 12.2. The van der Waals surface area contributed by atoms with Crippen molar-refractivity contribution in [3.63, 3.8) is 0 Å². The van der Waals surface area contributed by atoms with Gasteiger partial charge in [-0.25, -0.2) is 9.18 Å². The second-order valence-corrected chi connectivity index (χ2v) is 7.27. The molecule has 0 aromatic heterocycles. The van der Waals surface area contributed by atoms with Crippen molar-refractivity contribution in [3.8, 4) is 0 Å². The molecule has 2 aliphatic heterocycles. The van der Waals surface area contributed by atoms with Crippen LogP contribution in [-0.2, 0) is 4.79 Å². The Bertz CT molecular complexity index is 702. The largest absolute Gasteiger partial charge is 0.481 e. The van der Waals surface area contributed by atoms with Gasteiger partial charge in [0.1, 0.15) is 5.82 Å². The number of likely N-dealkylation sites (N-methyl/N-ethyl adjacent to an activating group) is 1. The number of aliphatic carboxylic acids is 1. The van der Waals surface area contributed by atoms with Crippen molar-refractivity contribution < 1.29 is 19.1 Å². The van der Waals surface area contributed by atoms with Gasteiger partial charge in [-0.15, -0.1) is 0 Å². The molecule has 3 unspecified atom stereocenters. The van der Waals surface area contributed by atoms with Gasteiger partial charge in [-0.3, -0.25) is 9.69 Å². The lowest BCUT2D eigenvalue weighted by Gasteiger charge is -2.29. The van der Waals surface area contributed by atoms with Crippen LogP contribution in [0.5, 0.6) is 0 Å². The summed E-state index contributed by atoms with van der Waals surface area (Å²) in [5.41, 5.74) is 0.779. The second-order valence-electron chi connectivity index (χ2n) is 6.86. The van der Waals surface area contributed by atoms with E-state index >= 15 is 0 Å². The highest BCUT2D eigenvalue weighted by Gasteiger charge is 2.38. The highest BCUT2D eigenvalue weighted by Crippen LogP contribution is 2.34. The van der Waals surface area contributed by atoms with Gasteiger partial charge >= 0.3 is 12.0 Å². The number of carboxylic acids is 1. The molecular formula is C18H23ClFN3O3. The summed E-state index contributed by atoms with van der Waals surface area (Å²) in [6.45, 7) is 4.28. The van der Waals surface area contributed by atoms with E-state index in [1.165, 1.54) is 12.1 Å². The summed E-state index contributed by atoms with van der Waals surface area (Å²) in [5.74, 6) is -1.84. The van der Waals surface area contributed by atoms with Crippen molar-refractivity contribution in [1.82, 2.24) is 15.1 Å². The molecule has 2 heterocycles. The van der Waals surface area contributed by atoms with E-state index in [0.29, 0.717) is 13.0 Å². The Morgan fingerprint density at radius 2 is 2.12 bits per heavy atom. The van der Waals surface area contributed by atoms with E-state index in [1.807, 2.05) is 6.92 Å². The summed E-state index contributed by atoms with van der Waals surface area (Å²) >= 11 is 5.79. The fraction of sp³-hybridized carbons (Fsp3) is 0.556. The molecule has 8 heteroatoms. The van der Waals surface area contributed by atoms with Gasteiger partial charge in [0.2, 0.25) is 0 Å². The van der Waals surface area contributed by atoms with Gasteiger partial charge in [-0.05, 0) is 37.1 Å². The first-order chi connectivity index (χ1) is 12.4. The average Bonchev–Trinajstić information content (AvgIpc) is 3.24. The minimum Gasteiger partial charge on any atom is -0.481 e. The van der Waals surface area contributed by atoms with E-state index in [9.17, 15) is 14.0 Å². The SMILES string of the molecule is CCN1CCC(NC(=O)N2CCC(C(=O)O)C2)C1c1ccc(Cl)c(F)c1. The molecule has 26 heavy (non-hydrogen) atoms. The van der Waals surface area contributed by atoms with E-state index in [-0.39, 0.29) is 29.7 Å². The van der Waals surface area contributed by atoms with Crippen molar-refractivity contribution in [2.45, 2.75) is 31.8 Å². The first-order valence-electron chi connectivity index (χ1n) is 8.88. The highest BCUT2D eigenvalue weighted by atomic mass is 35.5. The van der Waals surface area contributed by atoms with Crippen LogP contribution in [0.2, 0.25) is 5.02 Å². The molecule has 0 spiro atoms. The van der Waals surface area contributed by atoms with Crippen molar-refractivity contribution in [2.24, 2.45) is 5.92 Å². The Morgan fingerprint density at radius 1 is 1.35 bits per heavy atom. The molecule has 6 nitrogen and oxygen atoms in total. The van der Waals surface area contributed by atoms with Crippen LogP contribution in [0.4, 0.5) is 9.18 Å². The molecule has 0 bridgehead atoms. The lowest BCUT2D eigenvalue weighted by Crippen LogP contribution is -2.46. The van der Waals surface area contributed by atoms with Gasteiger partial charge < -0.3 is 15.3 Å². The van der Waals surface area contributed by atoms with Gasteiger partial charge in [0.05, 0.1) is 23.0 Å². The number of likely N-dealkylation sites (tertiary alicyclic amines) is 2. The number of halogens is 2. The fourth-order valence-electron chi connectivity index (χ4n) is 3.90. The molecule has 3 rings (SSSR count). The van der Waals surface area contributed by atoms with Gasteiger partial charge in [-0.1, -0.05) is 24.6 Å². The van der Waals surface area contributed by atoms with Gasteiger partial charge in [0.15, 0.2) is 0 Å². The molecule has 2 fully saturated rings. The number of urea groups is 1. The number of rotatable bonds is 4. The summed E-state index contributed by atoms with van der Waals surface area (Å²) < 4.78 is 13.9. The quantitative estimate of drug-likeness (QED) is 0.838. The van der Waals surface area contributed by atoms with Crippen molar-refractivity contribution in [3.05, 3.63) is 34.6 Å². The molecule has 1 aromatic carbocycles. The van der Waals surface area contributed by atoms with E-state index in [4.69, 9.17) is 16.7 Å². The molecule has 0 radical (unpaired) electrons. The number of nitrogens with zero attached hydrogens (tertiary/aromatic N) is 2. The van der Waals surface area contributed by atoms with Crippen LogP contribution in [0.3, 0.4) is 0 Å². The van der Waals surface area contributed by atoms with Crippen molar-refractivity contribution >= 4 is 23.6 Å². The number of hydrogen-bond acceptors (Lipinski definition) is 3. The maximum absolute atomic E-state index is 13.9.